The maximum absolute atomic E-state index is 12.2. The quantitative estimate of drug-likeness (QED) is 0.910. The summed E-state index contributed by atoms with van der Waals surface area (Å²) < 4.78 is 0. The molecule has 2 fully saturated rings. The van der Waals surface area contributed by atoms with E-state index in [4.69, 9.17) is 0 Å². The van der Waals surface area contributed by atoms with Crippen LogP contribution in [-0.2, 0) is 6.42 Å². The molecular weight excluding hydrogens is 310 g/mol. The van der Waals surface area contributed by atoms with Gasteiger partial charge in [-0.25, -0.2) is 0 Å². The highest BCUT2D eigenvalue weighted by Gasteiger charge is 2.25. The molecule has 1 saturated heterocycles. The first kappa shape index (κ1) is 16.1. The lowest BCUT2D eigenvalue weighted by atomic mass is 9.90. The van der Waals surface area contributed by atoms with Crippen molar-refractivity contribution >= 4 is 11.6 Å². The lowest BCUT2D eigenvalue weighted by Crippen LogP contribution is -2.34. The minimum absolute atomic E-state index is 0.0386. The van der Waals surface area contributed by atoms with E-state index in [-0.39, 0.29) is 5.91 Å². The summed E-state index contributed by atoms with van der Waals surface area (Å²) in [4.78, 5) is 18.8. The molecule has 0 radical (unpaired) electrons. The van der Waals surface area contributed by atoms with Crippen LogP contribution < -0.4 is 10.2 Å². The summed E-state index contributed by atoms with van der Waals surface area (Å²) in [5, 5.41) is 3.01. The number of carbonyl (C=O) groups excluding carboxylic acids is 1. The molecule has 0 unspecified atom stereocenters. The summed E-state index contributed by atoms with van der Waals surface area (Å²) in [6.07, 6.45) is 7.51. The van der Waals surface area contributed by atoms with Gasteiger partial charge in [0.05, 0.1) is 0 Å². The molecule has 4 heteroatoms. The minimum Gasteiger partial charge on any atom is -0.371 e. The molecule has 2 aromatic rings. The van der Waals surface area contributed by atoms with Gasteiger partial charge in [0, 0.05) is 31.0 Å². The average Bonchev–Trinajstić information content (AvgIpc) is 3.47. The van der Waals surface area contributed by atoms with Gasteiger partial charge in [-0.1, -0.05) is 30.3 Å². The Kier molecular flexibility index (Phi) is 4.68. The highest BCUT2D eigenvalue weighted by Crippen LogP contribution is 2.26. The second-order valence-corrected chi connectivity index (χ2v) is 7.27. The summed E-state index contributed by atoms with van der Waals surface area (Å²) in [5.74, 6) is 0.710. The second-order valence-electron chi connectivity index (χ2n) is 7.27. The van der Waals surface area contributed by atoms with E-state index in [9.17, 15) is 4.79 Å². The fourth-order valence-electron chi connectivity index (χ4n) is 3.57. The first-order valence-corrected chi connectivity index (χ1v) is 9.34. The van der Waals surface area contributed by atoms with Gasteiger partial charge in [-0.15, -0.1) is 0 Å². The Morgan fingerprint density at radius 3 is 2.56 bits per heavy atom. The number of amides is 1. The Balaban J connectivity index is 1.35. The minimum atomic E-state index is -0.0386. The van der Waals surface area contributed by atoms with E-state index in [0.717, 1.165) is 37.5 Å². The van der Waals surface area contributed by atoms with Crippen LogP contribution in [0.15, 0.2) is 48.7 Å². The Labute approximate surface area is 149 Å². The van der Waals surface area contributed by atoms with Crippen LogP contribution in [0.1, 0.15) is 41.7 Å². The Hall–Kier alpha value is -2.36. The second kappa shape index (κ2) is 7.26. The van der Waals surface area contributed by atoms with Gasteiger partial charge < -0.3 is 10.2 Å². The smallest absolute Gasteiger partial charge is 0.270 e. The lowest BCUT2D eigenvalue weighted by molar-refractivity contribution is 0.0946. The first-order valence-electron chi connectivity index (χ1n) is 9.34. The number of benzene rings is 1. The fraction of sp³-hybridized carbons (Fsp3) is 0.429. The van der Waals surface area contributed by atoms with Crippen molar-refractivity contribution in [2.75, 3.05) is 18.0 Å². The molecule has 25 heavy (non-hydrogen) atoms. The standard InChI is InChI=1S/C21H25N3O/c25-21(23-18-6-7-18)20-15-19(8-11-22-20)24-12-9-17(10-13-24)14-16-4-2-1-3-5-16/h1-5,8,11,15,17-18H,6-7,9-10,12-14H2,(H,23,25). The highest BCUT2D eigenvalue weighted by atomic mass is 16.2. The zero-order chi connectivity index (χ0) is 17.1. The monoisotopic (exact) mass is 335 g/mol. The van der Waals surface area contributed by atoms with Crippen LogP contribution in [0, 0.1) is 5.92 Å². The number of hydrogen-bond acceptors (Lipinski definition) is 3. The van der Waals surface area contributed by atoms with Crippen LogP contribution in [0.5, 0.6) is 0 Å². The van der Waals surface area contributed by atoms with Gasteiger partial charge in [-0.05, 0) is 55.7 Å². The molecule has 1 aliphatic carbocycles. The number of nitrogens with zero attached hydrogens (tertiary/aromatic N) is 2. The van der Waals surface area contributed by atoms with E-state index < -0.39 is 0 Å². The van der Waals surface area contributed by atoms with E-state index >= 15 is 0 Å². The van der Waals surface area contributed by atoms with Crippen LogP contribution in [0.25, 0.3) is 0 Å². The Bertz CT molecular complexity index is 719. The van der Waals surface area contributed by atoms with Crippen LogP contribution >= 0.6 is 0 Å². The molecule has 4 nitrogen and oxygen atoms in total. The van der Waals surface area contributed by atoms with Crippen molar-refractivity contribution < 1.29 is 4.79 Å². The zero-order valence-corrected chi connectivity index (χ0v) is 14.5. The van der Waals surface area contributed by atoms with Crippen molar-refractivity contribution in [3.8, 4) is 0 Å². The van der Waals surface area contributed by atoms with Crippen LogP contribution in [0.3, 0.4) is 0 Å². The van der Waals surface area contributed by atoms with Gasteiger partial charge in [0.1, 0.15) is 5.69 Å². The van der Waals surface area contributed by atoms with Crippen molar-refractivity contribution in [3.05, 3.63) is 59.9 Å². The van der Waals surface area contributed by atoms with Gasteiger partial charge >= 0.3 is 0 Å². The van der Waals surface area contributed by atoms with Crippen molar-refractivity contribution in [2.24, 2.45) is 5.92 Å². The first-order chi connectivity index (χ1) is 12.3. The number of rotatable bonds is 5. The predicted octanol–water partition coefficient (Wildman–Crippen LogP) is 3.43. The highest BCUT2D eigenvalue weighted by molar-refractivity contribution is 5.93. The summed E-state index contributed by atoms with van der Waals surface area (Å²) in [6, 6.07) is 15.1. The third-order valence-corrected chi connectivity index (χ3v) is 5.24. The lowest BCUT2D eigenvalue weighted by Gasteiger charge is -2.33. The summed E-state index contributed by atoms with van der Waals surface area (Å²) in [5.41, 5.74) is 3.09. The molecule has 1 N–H and O–H groups in total. The molecule has 4 rings (SSSR count). The molecular formula is C21H25N3O. The average molecular weight is 335 g/mol. The Morgan fingerprint density at radius 2 is 1.84 bits per heavy atom. The van der Waals surface area contributed by atoms with Crippen molar-refractivity contribution in [3.63, 3.8) is 0 Å². The Morgan fingerprint density at radius 1 is 1.08 bits per heavy atom. The third-order valence-electron chi connectivity index (χ3n) is 5.24. The van der Waals surface area contributed by atoms with Gasteiger partial charge in [0.25, 0.3) is 5.91 Å². The van der Waals surface area contributed by atoms with Crippen molar-refractivity contribution in [1.82, 2.24) is 10.3 Å². The van der Waals surface area contributed by atoms with E-state index in [0.29, 0.717) is 11.7 Å². The number of anilines is 1. The molecule has 1 aliphatic heterocycles. The van der Waals surface area contributed by atoms with Crippen LogP contribution in [0.2, 0.25) is 0 Å². The van der Waals surface area contributed by atoms with Crippen LogP contribution in [-0.4, -0.2) is 30.0 Å². The normalized spacial score (nSPS) is 18.2. The largest absolute Gasteiger partial charge is 0.371 e. The summed E-state index contributed by atoms with van der Waals surface area (Å²) >= 11 is 0. The van der Waals surface area contributed by atoms with Gasteiger partial charge in [-0.3, -0.25) is 9.78 Å². The van der Waals surface area contributed by atoms with E-state index in [1.54, 1.807) is 6.20 Å². The number of carbonyl (C=O) groups is 1. The topological polar surface area (TPSA) is 45.2 Å². The van der Waals surface area contributed by atoms with Crippen molar-refractivity contribution in [1.29, 1.82) is 0 Å². The SMILES string of the molecule is O=C(NC1CC1)c1cc(N2CCC(Cc3ccccc3)CC2)ccn1. The molecule has 2 aliphatic rings. The predicted molar refractivity (Wildman–Crippen MR) is 99.8 cm³/mol. The van der Waals surface area contributed by atoms with E-state index in [2.05, 4.69) is 45.5 Å². The maximum atomic E-state index is 12.2. The number of nitrogens with one attached hydrogen (secondary N) is 1. The van der Waals surface area contributed by atoms with Gasteiger partial charge in [0.15, 0.2) is 0 Å². The fourth-order valence-corrected chi connectivity index (χ4v) is 3.57. The van der Waals surface area contributed by atoms with Crippen LogP contribution in [0.4, 0.5) is 5.69 Å². The third kappa shape index (κ3) is 4.19. The zero-order valence-electron chi connectivity index (χ0n) is 14.5. The molecule has 0 atom stereocenters. The maximum Gasteiger partial charge on any atom is 0.270 e. The van der Waals surface area contributed by atoms with Crippen molar-refractivity contribution in [2.45, 2.75) is 38.1 Å². The molecule has 0 bridgehead atoms. The summed E-state index contributed by atoms with van der Waals surface area (Å²) in [6.45, 7) is 2.09. The molecule has 2 heterocycles. The number of aromatic nitrogens is 1. The van der Waals surface area contributed by atoms with Gasteiger partial charge in [-0.2, -0.15) is 0 Å². The number of pyridine rings is 1. The molecule has 130 valence electrons. The molecule has 1 saturated carbocycles. The summed E-state index contributed by atoms with van der Waals surface area (Å²) in [7, 11) is 0. The molecule has 1 aromatic carbocycles. The van der Waals surface area contributed by atoms with E-state index in [1.807, 2.05) is 12.1 Å². The molecule has 0 spiro atoms. The molecule has 1 amide bonds. The number of hydrogen-bond donors (Lipinski definition) is 1. The van der Waals surface area contributed by atoms with E-state index in [1.165, 1.54) is 24.8 Å². The van der Waals surface area contributed by atoms with Gasteiger partial charge in [0.2, 0.25) is 0 Å². The molecule has 1 aromatic heterocycles. The number of piperidine rings is 1.